The van der Waals surface area contributed by atoms with Gasteiger partial charge in [-0.1, -0.05) is 11.8 Å². The van der Waals surface area contributed by atoms with E-state index in [1.54, 1.807) is 30.5 Å². The van der Waals surface area contributed by atoms with Crippen LogP contribution in [-0.2, 0) is 16.1 Å². The third kappa shape index (κ3) is 5.05. The third-order valence-electron chi connectivity index (χ3n) is 4.40. The van der Waals surface area contributed by atoms with Gasteiger partial charge in [0.1, 0.15) is 11.6 Å². The molecule has 0 atom stereocenters. The number of aromatic nitrogens is 3. The first-order valence-corrected chi connectivity index (χ1v) is 10.3. The molecule has 2 heterocycles. The Hall–Kier alpha value is -3.07. The largest absolute Gasteiger partial charge is 0.467 e. The Kier molecular flexibility index (Phi) is 5.66. The maximum Gasteiger partial charge on any atom is 0.234 e. The summed E-state index contributed by atoms with van der Waals surface area (Å²) in [6.45, 7) is 2.01. The summed E-state index contributed by atoms with van der Waals surface area (Å²) < 4.78 is 7.50. The molecule has 0 unspecified atom stereocenters. The van der Waals surface area contributed by atoms with Crippen molar-refractivity contribution < 1.29 is 14.0 Å². The normalized spacial score (nSPS) is 13.3. The Bertz CT molecular complexity index is 994. The van der Waals surface area contributed by atoms with Gasteiger partial charge in [-0.05, 0) is 49.2 Å². The number of benzene rings is 1. The van der Waals surface area contributed by atoms with Crippen LogP contribution < -0.4 is 10.6 Å². The number of carbonyl (C=O) groups is 2. The van der Waals surface area contributed by atoms with Crippen LogP contribution in [0, 0.1) is 0 Å². The molecular formula is C20H21N5O3S. The second-order valence-electron chi connectivity index (χ2n) is 6.88. The zero-order chi connectivity index (χ0) is 20.2. The van der Waals surface area contributed by atoms with Crippen molar-refractivity contribution in [1.29, 1.82) is 0 Å². The molecule has 29 heavy (non-hydrogen) atoms. The Morgan fingerprint density at radius 2 is 1.86 bits per heavy atom. The maximum absolute atomic E-state index is 12.4. The second-order valence-corrected chi connectivity index (χ2v) is 7.82. The van der Waals surface area contributed by atoms with Crippen molar-refractivity contribution in [2.45, 2.75) is 37.4 Å². The molecule has 1 fully saturated rings. The summed E-state index contributed by atoms with van der Waals surface area (Å²) in [5.74, 6) is 2.18. The monoisotopic (exact) mass is 411 g/mol. The Morgan fingerprint density at radius 3 is 2.48 bits per heavy atom. The molecule has 2 N–H and O–H groups in total. The summed E-state index contributed by atoms with van der Waals surface area (Å²) in [6, 6.07) is 10.8. The van der Waals surface area contributed by atoms with Crippen molar-refractivity contribution >= 4 is 35.0 Å². The minimum absolute atomic E-state index is 0.136. The molecule has 3 aromatic rings. The van der Waals surface area contributed by atoms with Crippen LogP contribution in [0.3, 0.4) is 0 Å². The highest BCUT2D eigenvalue weighted by Crippen LogP contribution is 2.40. The van der Waals surface area contributed by atoms with Crippen molar-refractivity contribution in [2.24, 2.45) is 0 Å². The van der Waals surface area contributed by atoms with E-state index in [1.807, 2.05) is 16.7 Å². The molecule has 0 radical (unpaired) electrons. The van der Waals surface area contributed by atoms with E-state index in [-0.39, 0.29) is 17.6 Å². The Balaban J connectivity index is 1.37. The van der Waals surface area contributed by atoms with E-state index in [1.165, 1.54) is 18.7 Å². The zero-order valence-corrected chi connectivity index (χ0v) is 16.7. The van der Waals surface area contributed by atoms with Crippen LogP contribution >= 0.6 is 11.8 Å². The lowest BCUT2D eigenvalue weighted by molar-refractivity contribution is -0.114. The third-order valence-corrected chi connectivity index (χ3v) is 5.37. The molecule has 9 heteroatoms. The predicted octanol–water partition coefficient (Wildman–Crippen LogP) is 3.49. The minimum atomic E-state index is -0.137. The summed E-state index contributed by atoms with van der Waals surface area (Å²) in [4.78, 5) is 23.4. The summed E-state index contributed by atoms with van der Waals surface area (Å²) in [6.07, 6.45) is 3.89. The van der Waals surface area contributed by atoms with Crippen molar-refractivity contribution in [1.82, 2.24) is 14.8 Å². The van der Waals surface area contributed by atoms with Gasteiger partial charge in [-0.25, -0.2) is 0 Å². The molecule has 0 spiro atoms. The average Bonchev–Trinajstić information content (AvgIpc) is 3.25. The number of amides is 2. The molecule has 150 valence electrons. The first-order chi connectivity index (χ1) is 14.1. The first kappa shape index (κ1) is 19.3. The smallest absolute Gasteiger partial charge is 0.234 e. The molecule has 4 rings (SSSR count). The number of rotatable bonds is 8. The van der Waals surface area contributed by atoms with Gasteiger partial charge in [-0.3, -0.25) is 14.2 Å². The SMILES string of the molecule is CC(=O)Nc1ccc(NC(=O)CSc2nnc(C3CC3)n2Cc2ccco2)cc1. The molecule has 8 nitrogen and oxygen atoms in total. The second kappa shape index (κ2) is 8.52. The van der Waals surface area contributed by atoms with E-state index in [9.17, 15) is 9.59 Å². The molecule has 1 aliphatic rings. The van der Waals surface area contributed by atoms with Crippen LogP contribution in [0.4, 0.5) is 11.4 Å². The lowest BCUT2D eigenvalue weighted by atomic mass is 10.3. The topological polar surface area (TPSA) is 102 Å². The van der Waals surface area contributed by atoms with Gasteiger partial charge in [0.2, 0.25) is 11.8 Å². The van der Waals surface area contributed by atoms with Crippen molar-refractivity contribution in [3.63, 3.8) is 0 Å². The summed E-state index contributed by atoms with van der Waals surface area (Å²) in [5, 5.41) is 14.9. The van der Waals surface area contributed by atoms with Gasteiger partial charge < -0.3 is 15.1 Å². The predicted molar refractivity (Wildman–Crippen MR) is 110 cm³/mol. The number of hydrogen-bond donors (Lipinski definition) is 2. The van der Waals surface area contributed by atoms with Crippen molar-refractivity contribution in [3.05, 3.63) is 54.2 Å². The fourth-order valence-electron chi connectivity index (χ4n) is 2.92. The number of anilines is 2. The standard InChI is InChI=1S/C20H21N5O3S/c1-13(26)21-15-6-8-16(9-7-15)22-18(27)12-29-20-24-23-19(14-4-5-14)25(20)11-17-3-2-10-28-17/h2-3,6-10,14H,4-5,11-12H2,1H3,(H,21,26)(H,22,27). The van der Waals surface area contributed by atoms with Crippen LogP contribution in [0.5, 0.6) is 0 Å². The Morgan fingerprint density at radius 1 is 1.14 bits per heavy atom. The fraction of sp³-hybridized carbons (Fsp3) is 0.300. The lowest BCUT2D eigenvalue weighted by Gasteiger charge is -2.09. The summed E-state index contributed by atoms with van der Waals surface area (Å²) in [7, 11) is 0. The van der Waals surface area contributed by atoms with Crippen LogP contribution in [0.2, 0.25) is 0 Å². The number of carbonyl (C=O) groups excluding carboxylic acids is 2. The van der Waals surface area contributed by atoms with Crippen LogP contribution in [0.25, 0.3) is 0 Å². The van der Waals surface area contributed by atoms with Crippen molar-refractivity contribution in [2.75, 3.05) is 16.4 Å². The van der Waals surface area contributed by atoms with Gasteiger partial charge in [-0.15, -0.1) is 10.2 Å². The van der Waals surface area contributed by atoms with Gasteiger partial charge in [0.15, 0.2) is 5.16 Å². The highest BCUT2D eigenvalue weighted by molar-refractivity contribution is 7.99. The van der Waals surface area contributed by atoms with Crippen molar-refractivity contribution in [3.8, 4) is 0 Å². The molecule has 0 bridgehead atoms. The van der Waals surface area contributed by atoms with Gasteiger partial charge in [-0.2, -0.15) is 0 Å². The zero-order valence-electron chi connectivity index (χ0n) is 15.9. The number of nitrogens with zero attached hydrogens (tertiary/aromatic N) is 3. The molecule has 1 saturated carbocycles. The van der Waals surface area contributed by atoms with Crippen LogP contribution in [0.15, 0.2) is 52.2 Å². The minimum Gasteiger partial charge on any atom is -0.467 e. The number of hydrogen-bond acceptors (Lipinski definition) is 6. The molecular weight excluding hydrogens is 390 g/mol. The van der Waals surface area contributed by atoms with Gasteiger partial charge in [0, 0.05) is 24.2 Å². The highest BCUT2D eigenvalue weighted by Gasteiger charge is 2.30. The molecule has 1 aliphatic carbocycles. The maximum atomic E-state index is 12.4. The number of furan rings is 1. The van der Waals surface area contributed by atoms with E-state index in [0.717, 1.165) is 24.4 Å². The molecule has 2 amide bonds. The van der Waals surface area contributed by atoms with Crippen LogP contribution in [-0.4, -0.2) is 32.3 Å². The lowest BCUT2D eigenvalue weighted by Crippen LogP contribution is -2.15. The summed E-state index contributed by atoms with van der Waals surface area (Å²) >= 11 is 1.35. The van der Waals surface area contributed by atoms with E-state index in [2.05, 4.69) is 20.8 Å². The molecule has 0 aliphatic heterocycles. The fourth-order valence-corrected chi connectivity index (χ4v) is 3.67. The van der Waals surface area contributed by atoms with E-state index in [4.69, 9.17) is 4.42 Å². The molecule has 1 aromatic carbocycles. The quantitative estimate of drug-likeness (QED) is 0.550. The van der Waals surface area contributed by atoms with E-state index in [0.29, 0.717) is 29.0 Å². The van der Waals surface area contributed by atoms with Gasteiger partial charge >= 0.3 is 0 Å². The van der Waals surface area contributed by atoms with Gasteiger partial charge in [0.05, 0.1) is 18.6 Å². The summed E-state index contributed by atoms with van der Waals surface area (Å²) in [5.41, 5.74) is 1.35. The Labute approximate surface area is 172 Å². The molecule has 2 aromatic heterocycles. The van der Waals surface area contributed by atoms with E-state index < -0.39 is 0 Å². The van der Waals surface area contributed by atoms with Gasteiger partial charge in [0.25, 0.3) is 0 Å². The number of thioether (sulfide) groups is 1. The number of nitrogens with one attached hydrogen (secondary N) is 2. The highest BCUT2D eigenvalue weighted by atomic mass is 32.2. The van der Waals surface area contributed by atoms with Crippen LogP contribution in [0.1, 0.15) is 37.3 Å². The van der Waals surface area contributed by atoms with E-state index >= 15 is 0 Å². The first-order valence-electron chi connectivity index (χ1n) is 9.34. The molecule has 0 saturated heterocycles. The average molecular weight is 411 g/mol.